The highest BCUT2D eigenvalue weighted by molar-refractivity contribution is 5.69. The standard InChI is InChI=1S/C38H58O4/c1-3-4-5-6-7-8-9-10-11-12-13-14-15-16-17-18-35(39)42-29-38(40)28-37-25-21-32-31-23-26-41-33(31)22-24-36(32,2)34(37)20-19-30(38)27-37/h10-11,22-24,26,30,32,34,40H,3-9,12-21,25,27-29H2,1-2H3. The first-order valence-electron chi connectivity index (χ1n) is 17.7. The molecule has 3 saturated carbocycles. The lowest BCUT2D eigenvalue weighted by Gasteiger charge is -2.58. The molecule has 42 heavy (non-hydrogen) atoms. The van der Waals surface area contributed by atoms with Crippen molar-refractivity contribution in [1.82, 2.24) is 0 Å². The second-order valence-electron chi connectivity index (χ2n) is 14.7. The number of unbranched alkanes of at least 4 members (excludes halogenated alkanes) is 11. The van der Waals surface area contributed by atoms with Gasteiger partial charge in [-0.25, -0.2) is 0 Å². The summed E-state index contributed by atoms with van der Waals surface area (Å²) in [6.07, 6.45) is 34.2. The largest absolute Gasteiger partial charge is 0.465 e. The molecule has 3 fully saturated rings. The van der Waals surface area contributed by atoms with E-state index in [0.717, 1.165) is 57.1 Å². The lowest BCUT2D eigenvalue weighted by Crippen LogP contribution is -2.49. The van der Waals surface area contributed by atoms with Gasteiger partial charge in [0.15, 0.2) is 0 Å². The van der Waals surface area contributed by atoms with Crippen LogP contribution < -0.4 is 0 Å². The van der Waals surface area contributed by atoms with E-state index >= 15 is 0 Å². The average molecular weight is 579 g/mol. The molecule has 4 aliphatic rings. The average Bonchev–Trinajstić information content (AvgIpc) is 3.54. The van der Waals surface area contributed by atoms with Gasteiger partial charge in [0.1, 0.15) is 18.0 Å². The maximum absolute atomic E-state index is 12.6. The molecule has 0 aliphatic heterocycles. The van der Waals surface area contributed by atoms with Gasteiger partial charge in [-0.3, -0.25) is 4.79 Å². The van der Waals surface area contributed by atoms with Crippen molar-refractivity contribution in [2.75, 3.05) is 6.61 Å². The van der Waals surface area contributed by atoms with Crippen LogP contribution in [-0.2, 0) is 9.53 Å². The minimum Gasteiger partial charge on any atom is -0.465 e. The van der Waals surface area contributed by atoms with E-state index in [1.165, 1.54) is 76.2 Å². The van der Waals surface area contributed by atoms with Gasteiger partial charge in [-0.1, -0.05) is 83.4 Å². The summed E-state index contributed by atoms with van der Waals surface area (Å²) < 4.78 is 11.5. The highest BCUT2D eigenvalue weighted by Crippen LogP contribution is 2.71. The number of hydrogen-bond acceptors (Lipinski definition) is 4. The summed E-state index contributed by atoms with van der Waals surface area (Å²) in [4.78, 5) is 12.6. The Bertz CT molecular complexity index is 1070. The number of carbonyl (C=O) groups is 1. The van der Waals surface area contributed by atoms with E-state index in [1.807, 2.05) is 6.26 Å². The fourth-order valence-corrected chi connectivity index (χ4v) is 9.66. The Kier molecular flexibility index (Phi) is 10.8. The van der Waals surface area contributed by atoms with Gasteiger partial charge in [-0.15, -0.1) is 0 Å². The predicted molar refractivity (Wildman–Crippen MR) is 171 cm³/mol. The van der Waals surface area contributed by atoms with Crippen molar-refractivity contribution < 1.29 is 19.1 Å². The number of carbonyl (C=O) groups excluding carboxylic acids is 1. The number of rotatable bonds is 17. The molecular formula is C38H58O4. The molecule has 1 heterocycles. The van der Waals surface area contributed by atoms with Crippen LogP contribution in [0.1, 0.15) is 160 Å². The van der Waals surface area contributed by atoms with Crippen LogP contribution in [-0.4, -0.2) is 23.3 Å². The molecule has 2 bridgehead atoms. The van der Waals surface area contributed by atoms with Crippen LogP contribution in [0.3, 0.4) is 0 Å². The molecule has 4 nitrogen and oxygen atoms in total. The number of furan rings is 1. The molecule has 0 saturated heterocycles. The third-order valence-corrected chi connectivity index (χ3v) is 11.9. The molecule has 1 spiro atoms. The number of allylic oxidation sites excluding steroid dienone is 3. The summed E-state index contributed by atoms with van der Waals surface area (Å²) in [5.41, 5.74) is 0.765. The van der Waals surface area contributed by atoms with Crippen molar-refractivity contribution in [3.05, 3.63) is 41.9 Å². The number of hydrogen-bond donors (Lipinski definition) is 1. The zero-order valence-corrected chi connectivity index (χ0v) is 26.7. The van der Waals surface area contributed by atoms with Crippen LogP contribution in [0, 0.1) is 22.7 Å². The van der Waals surface area contributed by atoms with E-state index in [4.69, 9.17) is 9.15 Å². The molecule has 0 amide bonds. The van der Waals surface area contributed by atoms with Crippen LogP contribution in [0.15, 0.2) is 35.0 Å². The SMILES string of the molecule is CCCCCCCCC=CCCCCCCCC(=O)OCC1(O)CC23CCC4c5ccoc5C=CC4(C)C2CCC1C3. The molecule has 4 aliphatic carbocycles. The fraction of sp³-hybridized carbons (Fsp3) is 0.763. The normalized spacial score (nSPS) is 33.0. The Morgan fingerprint density at radius 1 is 1.00 bits per heavy atom. The summed E-state index contributed by atoms with van der Waals surface area (Å²) in [7, 11) is 0. The van der Waals surface area contributed by atoms with Crippen molar-refractivity contribution in [2.24, 2.45) is 22.7 Å². The number of aliphatic hydroxyl groups is 1. The highest BCUT2D eigenvalue weighted by atomic mass is 16.5. The van der Waals surface area contributed by atoms with Gasteiger partial charge in [-0.2, -0.15) is 0 Å². The lowest BCUT2D eigenvalue weighted by molar-refractivity contribution is -0.154. The summed E-state index contributed by atoms with van der Waals surface area (Å²) in [6, 6.07) is 2.17. The molecule has 6 unspecified atom stereocenters. The van der Waals surface area contributed by atoms with Gasteiger partial charge >= 0.3 is 5.97 Å². The number of esters is 1. The third kappa shape index (κ3) is 6.95. The van der Waals surface area contributed by atoms with Gasteiger partial charge in [0.05, 0.1) is 6.26 Å². The Hall–Kier alpha value is -1.81. The van der Waals surface area contributed by atoms with Crippen molar-refractivity contribution in [1.29, 1.82) is 0 Å². The van der Waals surface area contributed by atoms with Crippen molar-refractivity contribution in [2.45, 2.75) is 154 Å². The first kappa shape index (κ1) is 31.6. The second kappa shape index (κ2) is 14.3. The Morgan fingerprint density at radius 2 is 1.71 bits per heavy atom. The number of ether oxygens (including phenoxy) is 1. The molecule has 1 aromatic heterocycles. The van der Waals surface area contributed by atoms with Gasteiger partial charge in [0.2, 0.25) is 0 Å². The molecule has 4 heteroatoms. The third-order valence-electron chi connectivity index (χ3n) is 11.9. The molecule has 0 aromatic carbocycles. The lowest BCUT2D eigenvalue weighted by atomic mass is 9.46. The minimum absolute atomic E-state index is 0.103. The monoisotopic (exact) mass is 578 g/mol. The maximum atomic E-state index is 12.6. The minimum atomic E-state index is -0.866. The van der Waals surface area contributed by atoms with Crippen LogP contribution in [0.2, 0.25) is 0 Å². The van der Waals surface area contributed by atoms with Crippen molar-refractivity contribution in [3.63, 3.8) is 0 Å². The van der Waals surface area contributed by atoms with Crippen LogP contribution in [0.25, 0.3) is 6.08 Å². The van der Waals surface area contributed by atoms with Crippen LogP contribution in [0.4, 0.5) is 0 Å². The first-order chi connectivity index (χ1) is 20.4. The van der Waals surface area contributed by atoms with E-state index in [0.29, 0.717) is 18.3 Å². The predicted octanol–water partition coefficient (Wildman–Crippen LogP) is 10.3. The maximum Gasteiger partial charge on any atom is 0.305 e. The van der Waals surface area contributed by atoms with Gasteiger partial charge in [0.25, 0.3) is 0 Å². The van der Waals surface area contributed by atoms with E-state index < -0.39 is 5.60 Å². The summed E-state index contributed by atoms with van der Waals surface area (Å²) in [5, 5.41) is 11.8. The molecule has 234 valence electrons. The van der Waals surface area contributed by atoms with E-state index in [2.05, 4.69) is 44.2 Å². The number of fused-ring (bicyclic) bond motifs is 5. The summed E-state index contributed by atoms with van der Waals surface area (Å²) in [5.74, 6) is 2.21. The van der Waals surface area contributed by atoms with Crippen molar-refractivity contribution >= 4 is 12.0 Å². The molecular weight excluding hydrogens is 520 g/mol. The van der Waals surface area contributed by atoms with E-state index in [1.54, 1.807) is 0 Å². The van der Waals surface area contributed by atoms with Crippen LogP contribution >= 0.6 is 0 Å². The zero-order chi connectivity index (χ0) is 29.5. The van der Waals surface area contributed by atoms with Gasteiger partial charge in [-0.05, 0) is 111 Å². The van der Waals surface area contributed by atoms with Gasteiger partial charge in [0, 0.05) is 12.0 Å². The first-order valence-corrected chi connectivity index (χ1v) is 17.7. The topological polar surface area (TPSA) is 59.7 Å². The smallest absolute Gasteiger partial charge is 0.305 e. The van der Waals surface area contributed by atoms with E-state index in [9.17, 15) is 9.90 Å². The fourth-order valence-electron chi connectivity index (χ4n) is 9.66. The van der Waals surface area contributed by atoms with Crippen LogP contribution in [0.5, 0.6) is 0 Å². The molecule has 1 aromatic rings. The molecule has 0 radical (unpaired) electrons. The Labute approximate surface area is 255 Å². The zero-order valence-electron chi connectivity index (χ0n) is 26.7. The Balaban J connectivity index is 0.966. The molecule has 6 atom stereocenters. The molecule has 1 N–H and O–H groups in total. The van der Waals surface area contributed by atoms with Gasteiger partial charge < -0.3 is 14.3 Å². The highest BCUT2D eigenvalue weighted by Gasteiger charge is 2.65. The summed E-state index contributed by atoms with van der Waals surface area (Å²) in [6.45, 7) is 4.90. The second-order valence-corrected chi connectivity index (χ2v) is 14.7. The molecule has 5 rings (SSSR count). The quantitative estimate of drug-likeness (QED) is 0.113. The van der Waals surface area contributed by atoms with E-state index in [-0.39, 0.29) is 29.3 Å². The summed E-state index contributed by atoms with van der Waals surface area (Å²) >= 11 is 0. The Morgan fingerprint density at radius 3 is 2.48 bits per heavy atom. The van der Waals surface area contributed by atoms with Crippen molar-refractivity contribution in [3.8, 4) is 0 Å².